The highest BCUT2D eigenvalue weighted by atomic mass is 16.5. The molecule has 3 N–H and O–H groups in total. The van der Waals surface area contributed by atoms with E-state index in [1.54, 1.807) is 24.3 Å². The third-order valence-corrected chi connectivity index (χ3v) is 2.89. The van der Waals surface area contributed by atoms with Gasteiger partial charge in [0.25, 0.3) is 5.91 Å². The maximum atomic E-state index is 12.0. The molecule has 0 aliphatic heterocycles. The molecular weight excluding hydrogens is 314 g/mol. The van der Waals surface area contributed by atoms with Crippen molar-refractivity contribution in [3.63, 3.8) is 0 Å². The van der Waals surface area contributed by atoms with Crippen molar-refractivity contribution in [1.82, 2.24) is 5.32 Å². The van der Waals surface area contributed by atoms with Crippen LogP contribution in [0.4, 0.5) is 0 Å². The zero-order valence-corrected chi connectivity index (χ0v) is 13.3. The van der Waals surface area contributed by atoms with Crippen molar-refractivity contribution in [1.29, 1.82) is 5.26 Å². The number of ketones is 1. The molecule has 1 aromatic rings. The van der Waals surface area contributed by atoms with Crippen LogP contribution >= 0.6 is 0 Å². The van der Waals surface area contributed by atoms with Crippen LogP contribution in [0, 0.1) is 11.3 Å². The molecular formula is C16H17N3O5. The van der Waals surface area contributed by atoms with Crippen molar-refractivity contribution in [3.05, 3.63) is 41.1 Å². The molecule has 1 amide bonds. The average Bonchev–Trinajstić information content (AvgIpc) is 2.57. The maximum Gasteiger partial charge on any atom is 0.325 e. The number of hydrogen-bond donors (Lipinski definition) is 2. The van der Waals surface area contributed by atoms with Gasteiger partial charge in [-0.2, -0.15) is 5.26 Å². The van der Waals surface area contributed by atoms with Gasteiger partial charge in [-0.15, -0.1) is 0 Å². The number of amides is 1. The molecule has 8 nitrogen and oxygen atoms in total. The highest BCUT2D eigenvalue weighted by Gasteiger charge is 2.16. The van der Waals surface area contributed by atoms with Gasteiger partial charge < -0.3 is 20.5 Å². The predicted molar refractivity (Wildman–Crippen MR) is 83.8 cm³/mol. The van der Waals surface area contributed by atoms with E-state index in [1.165, 1.54) is 20.1 Å². The van der Waals surface area contributed by atoms with Crippen LogP contribution in [0.2, 0.25) is 0 Å². The van der Waals surface area contributed by atoms with Crippen molar-refractivity contribution in [3.8, 4) is 11.8 Å². The molecule has 0 spiro atoms. The number of rotatable bonds is 7. The summed E-state index contributed by atoms with van der Waals surface area (Å²) in [7, 11) is 1.42. The Kier molecular flexibility index (Phi) is 6.97. The number of nitrogens with one attached hydrogen (secondary N) is 1. The standard InChI is InChI=1S/C16H17N3O5/c1-10(18)12(7-17)13(20)9-24-15(21)8-19-16(22)11-5-3-4-6-14(11)23-2/h3-6H,8-9,18H2,1-2H3,(H,19,22)/b12-10-. The summed E-state index contributed by atoms with van der Waals surface area (Å²) in [6.07, 6.45) is 0. The van der Waals surface area contributed by atoms with E-state index in [0.717, 1.165) is 0 Å². The smallest absolute Gasteiger partial charge is 0.325 e. The van der Waals surface area contributed by atoms with Gasteiger partial charge in [0, 0.05) is 5.70 Å². The highest BCUT2D eigenvalue weighted by Crippen LogP contribution is 2.16. The lowest BCUT2D eigenvalue weighted by atomic mass is 10.1. The predicted octanol–water partition coefficient (Wildman–Crippen LogP) is 0.294. The molecule has 0 heterocycles. The molecule has 1 aromatic carbocycles. The van der Waals surface area contributed by atoms with Gasteiger partial charge in [0.1, 0.15) is 23.9 Å². The van der Waals surface area contributed by atoms with Crippen molar-refractivity contribution < 1.29 is 23.9 Å². The van der Waals surface area contributed by atoms with E-state index in [-0.39, 0.29) is 16.8 Å². The van der Waals surface area contributed by atoms with Crippen LogP contribution in [0.25, 0.3) is 0 Å². The van der Waals surface area contributed by atoms with Gasteiger partial charge in [-0.05, 0) is 19.1 Å². The number of Topliss-reactive ketones (excluding diaryl/α,β-unsaturated/α-hetero) is 1. The summed E-state index contributed by atoms with van der Waals surface area (Å²) < 4.78 is 9.75. The van der Waals surface area contributed by atoms with Gasteiger partial charge in [-0.3, -0.25) is 14.4 Å². The molecule has 0 aliphatic carbocycles. The molecule has 0 radical (unpaired) electrons. The minimum atomic E-state index is -0.821. The highest BCUT2D eigenvalue weighted by molar-refractivity contribution is 6.01. The average molecular weight is 331 g/mol. The van der Waals surface area contributed by atoms with E-state index in [1.807, 2.05) is 0 Å². The number of esters is 1. The Balaban J connectivity index is 2.53. The van der Waals surface area contributed by atoms with Gasteiger partial charge in [-0.1, -0.05) is 12.1 Å². The fourth-order valence-corrected chi connectivity index (χ4v) is 1.72. The van der Waals surface area contributed by atoms with Crippen LogP contribution in [0.3, 0.4) is 0 Å². The van der Waals surface area contributed by atoms with E-state index in [9.17, 15) is 14.4 Å². The zero-order chi connectivity index (χ0) is 18.1. The summed E-state index contributed by atoms with van der Waals surface area (Å²) in [5, 5.41) is 11.1. The lowest BCUT2D eigenvalue weighted by Gasteiger charge is -2.09. The Labute approximate surface area is 138 Å². The fraction of sp³-hybridized carbons (Fsp3) is 0.250. The Morgan fingerprint density at radius 1 is 1.29 bits per heavy atom. The lowest BCUT2D eigenvalue weighted by molar-refractivity contribution is -0.145. The Hall–Kier alpha value is -3.34. The Morgan fingerprint density at radius 2 is 1.96 bits per heavy atom. The van der Waals surface area contributed by atoms with E-state index in [0.29, 0.717) is 5.75 Å². The minimum absolute atomic E-state index is 0.0445. The topological polar surface area (TPSA) is 132 Å². The van der Waals surface area contributed by atoms with Crippen molar-refractivity contribution in [2.24, 2.45) is 5.73 Å². The molecule has 8 heteroatoms. The first-order valence-electron chi connectivity index (χ1n) is 6.87. The molecule has 0 fully saturated rings. The molecule has 0 aliphatic rings. The number of nitriles is 1. The number of nitrogens with zero attached hydrogens (tertiary/aromatic N) is 1. The van der Waals surface area contributed by atoms with Gasteiger partial charge in [0.2, 0.25) is 5.78 Å². The van der Waals surface area contributed by atoms with Crippen LogP contribution < -0.4 is 15.8 Å². The summed E-state index contributed by atoms with van der Waals surface area (Å²) in [6, 6.07) is 8.14. The lowest BCUT2D eigenvalue weighted by Crippen LogP contribution is -2.32. The summed E-state index contributed by atoms with van der Waals surface area (Å²) in [5.74, 6) is -1.69. The van der Waals surface area contributed by atoms with Crippen LogP contribution in [0.15, 0.2) is 35.5 Å². The minimum Gasteiger partial charge on any atom is -0.496 e. The first-order valence-corrected chi connectivity index (χ1v) is 6.87. The number of benzene rings is 1. The molecule has 0 aromatic heterocycles. The largest absolute Gasteiger partial charge is 0.496 e. The van der Waals surface area contributed by atoms with Crippen LogP contribution in [0.5, 0.6) is 5.75 Å². The summed E-state index contributed by atoms with van der Waals surface area (Å²) in [4.78, 5) is 35.2. The number of para-hydroxylation sites is 1. The molecule has 24 heavy (non-hydrogen) atoms. The Morgan fingerprint density at radius 3 is 2.54 bits per heavy atom. The van der Waals surface area contributed by atoms with Crippen LogP contribution in [-0.2, 0) is 14.3 Å². The van der Waals surface area contributed by atoms with Gasteiger partial charge in [0.15, 0.2) is 6.61 Å². The number of ether oxygens (including phenoxy) is 2. The van der Waals surface area contributed by atoms with Gasteiger partial charge >= 0.3 is 5.97 Å². The van der Waals surface area contributed by atoms with Crippen molar-refractivity contribution in [2.75, 3.05) is 20.3 Å². The van der Waals surface area contributed by atoms with Gasteiger partial charge in [-0.25, -0.2) is 0 Å². The molecule has 1 rings (SSSR count). The van der Waals surface area contributed by atoms with Crippen LogP contribution in [-0.4, -0.2) is 37.9 Å². The molecule has 0 saturated heterocycles. The van der Waals surface area contributed by atoms with E-state index < -0.39 is 30.8 Å². The molecule has 126 valence electrons. The number of hydrogen-bond acceptors (Lipinski definition) is 7. The second kappa shape index (κ2) is 8.95. The molecule has 0 atom stereocenters. The number of carbonyl (C=O) groups excluding carboxylic acids is 3. The number of allylic oxidation sites excluding steroid dienone is 1. The third-order valence-electron chi connectivity index (χ3n) is 2.89. The zero-order valence-electron chi connectivity index (χ0n) is 13.3. The maximum absolute atomic E-state index is 12.0. The summed E-state index contributed by atoms with van der Waals surface area (Å²) >= 11 is 0. The van der Waals surface area contributed by atoms with Gasteiger partial charge in [0.05, 0.1) is 12.7 Å². The monoisotopic (exact) mass is 331 g/mol. The first kappa shape index (κ1) is 18.7. The molecule has 0 unspecified atom stereocenters. The number of methoxy groups -OCH3 is 1. The first-order chi connectivity index (χ1) is 11.4. The third kappa shape index (κ3) is 5.14. The molecule has 0 saturated carbocycles. The molecule has 0 bridgehead atoms. The van der Waals surface area contributed by atoms with Crippen molar-refractivity contribution >= 4 is 17.7 Å². The normalized spacial score (nSPS) is 10.9. The summed E-state index contributed by atoms with van der Waals surface area (Å²) in [5.41, 5.74) is 5.41. The van der Waals surface area contributed by atoms with Crippen LogP contribution in [0.1, 0.15) is 17.3 Å². The summed E-state index contributed by atoms with van der Waals surface area (Å²) in [6.45, 7) is 0.337. The second-order valence-electron chi connectivity index (χ2n) is 4.64. The number of nitrogens with two attached hydrogens (primary N) is 1. The fourth-order valence-electron chi connectivity index (χ4n) is 1.72. The Bertz CT molecular complexity index is 715. The quantitative estimate of drug-likeness (QED) is 0.417. The SMILES string of the molecule is COc1ccccc1C(=O)NCC(=O)OCC(=O)/C(C#N)=C(/C)N. The second-order valence-corrected chi connectivity index (χ2v) is 4.64. The van der Waals surface area contributed by atoms with E-state index in [4.69, 9.17) is 20.5 Å². The van der Waals surface area contributed by atoms with E-state index >= 15 is 0 Å². The van der Waals surface area contributed by atoms with E-state index in [2.05, 4.69) is 5.32 Å². The van der Waals surface area contributed by atoms with Crippen molar-refractivity contribution in [2.45, 2.75) is 6.92 Å². The number of carbonyl (C=O) groups is 3.